The molecular weight excluding hydrogens is 901 g/mol. The van der Waals surface area contributed by atoms with Gasteiger partial charge in [-0.3, -0.25) is 0 Å². The number of hydrogen-bond donors (Lipinski definition) is 0. The van der Waals surface area contributed by atoms with Crippen molar-refractivity contribution >= 4 is 35.2 Å². The summed E-state index contributed by atoms with van der Waals surface area (Å²) >= 11 is 0. The van der Waals surface area contributed by atoms with Crippen LogP contribution in [0.5, 0.6) is 0 Å². The standard InChI is InChI=1S/C32H30NO.C21H28NSi.Ir/c1-18-19(2)21(4)31(22(5)20(18)3)24-11-13-29-28(16-24)27-12-10-25(17-30(27)34-29)32-26-9-7-6-8-23(26)14-15-33-32;1-23(2,3)21-16-22-20(18-12-8-5-9-13-18)15-19(21)14-17-10-6-4-7-11-17;/h11-17H,6-9H2,1-5H3;5,8-9,12,15-17H,4,6-7,10-11,14H2,1-3H3;/q2*-1;. The van der Waals surface area contributed by atoms with Crippen molar-refractivity contribution in [1.82, 2.24) is 9.97 Å². The van der Waals surface area contributed by atoms with Gasteiger partial charge < -0.3 is 14.4 Å². The molecular formula is C53H58IrN2OSi-2. The van der Waals surface area contributed by atoms with Crippen LogP contribution in [0.15, 0.2) is 83.5 Å². The van der Waals surface area contributed by atoms with Crippen LogP contribution >= 0.6 is 0 Å². The molecule has 0 N–H and O–H groups in total. The molecule has 0 bridgehead atoms. The van der Waals surface area contributed by atoms with E-state index in [0.717, 1.165) is 63.2 Å². The molecule has 9 rings (SSSR count). The van der Waals surface area contributed by atoms with Gasteiger partial charge in [0.1, 0.15) is 5.58 Å². The van der Waals surface area contributed by atoms with Gasteiger partial charge in [-0.05, 0) is 146 Å². The molecule has 1 saturated carbocycles. The van der Waals surface area contributed by atoms with Crippen molar-refractivity contribution in [1.29, 1.82) is 0 Å². The fourth-order valence-electron chi connectivity index (χ4n) is 9.58. The first-order valence-corrected chi connectivity index (χ1v) is 24.9. The predicted octanol–water partition coefficient (Wildman–Crippen LogP) is 13.8. The quantitative estimate of drug-likeness (QED) is 0.123. The summed E-state index contributed by atoms with van der Waals surface area (Å²) < 4.78 is 6.33. The summed E-state index contributed by atoms with van der Waals surface area (Å²) in [6.45, 7) is 18.5. The molecule has 0 spiro atoms. The second kappa shape index (κ2) is 17.6. The Morgan fingerprint density at radius 2 is 1.45 bits per heavy atom. The second-order valence-electron chi connectivity index (χ2n) is 17.9. The summed E-state index contributed by atoms with van der Waals surface area (Å²) in [6.07, 6.45) is 17.2. The Morgan fingerprint density at radius 1 is 0.707 bits per heavy atom. The van der Waals surface area contributed by atoms with E-state index in [2.05, 4.69) is 127 Å². The van der Waals surface area contributed by atoms with Crippen molar-refractivity contribution in [2.75, 3.05) is 0 Å². The molecule has 0 unspecified atom stereocenters. The topological polar surface area (TPSA) is 38.9 Å². The summed E-state index contributed by atoms with van der Waals surface area (Å²) in [4.78, 5) is 9.52. The Bertz CT molecular complexity index is 2550. The largest absolute Gasteiger partial charge is 0.476 e. The minimum Gasteiger partial charge on any atom is -0.476 e. The van der Waals surface area contributed by atoms with Crippen LogP contribution in [0, 0.1) is 52.7 Å². The molecule has 0 aliphatic heterocycles. The third-order valence-corrected chi connectivity index (χ3v) is 15.3. The molecule has 1 fully saturated rings. The number of nitrogens with zero attached hydrogens (tertiary/aromatic N) is 2. The third-order valence-electron chi connectivity index (χ3n) is 13.2. The zero-order valence-corrected chi connectivity index (χ0v) is 39.2. The number of aromatic nitrogens is 2. The van der Waals surface area contributed by atoms with Crippen LogP contribution in [0.25, 0.3) is 55.6 Å². The van der Waals surface area contributed by atoms with Gasteiger partial charge in [0, 0.05) is 32.5 Å². The van der Waals surface area contributed by atoms with Gasteiger partial charge in [0.25, 0.3) is 0 Å². The van der Waals surface area contributed by atoms with Gasteiger partial charge in [0.15, 0.2) is 0 Å². The molecule has 301 valence electrons. The average Bonchev–Trinajstić information content (AvgIpc) is 3.60. The molecule has 3 heterocycles. The number of fused-ring (bicyclic) bond motifs is 4. The Morgan fingerprint density at radius 3 is 2.17 bits per heavy atom. The minimum atomic E-state index is -1.36. The van der Waals surface area contributed by atoms with Crippen LogP contribution in [0.1, 0.15) is 89.5 Å². The predicted molar refractivity (Wildman–Crippen MR) is 243 cm³/mol. The van der Waals surface area contributed by atoms with E-state index in [0.29, 0.717) is 0 Å². The molecule has 1 radical (unpaired) electrons. The summed E-state index contributed by atoms with van der Waals surface area (Å²) in [6, 6.07) is 30.4. The summed E-state index contributed by atoms with van der Waals surface area (Å²) in [5.74, 6) is 0.869. The minimum absolute atomic E-state index is 0. The first-order valence-electron chi connectivity index (χ1n) is 21.4. The molecule has 2 aliphatic carbocycles. The van der Waals surface area contributed by atoms with E-state index in [9.17, 15) is 0 Å². The smallest absolute Gasteiger partial charge is 0.123 e. The molecule has 2 aliphatic rings. The fraction of sp³-hybridized carbons (Fsp3) is 0.358. The first-order chi connectivity index (χ1) is 27.5. The molecule has 3 aromatic heterocycles. The van der Waals surface area contributed by atoms with Crippen molar-refractivity contribution in [3.05, 3.63) is 136 Å². The van der Waals surface area contributed by atoms with Gasteiger partial charge in [-0.25, -0.2) is 0 Å². The van der Waals surface area contributed by atoms with E-state index in [4.69, 9.17) is 14.4 Å². The van der Waals surface area contributed by atoms with E-state index in [1.807, 2.05) is 18.3 Å². The van der Waals surface area contributed by atoms with E-state index >= 15 is 0 Å². The van der Waals surface area contributed by atoms with E-state index in [-0.39, 0.29) is 20.1 Å². The van der Waals surface area contributed by atoms with Crippen LogP contribution in [0.2, 0.25) is 19.6 Å². The molecule has 3 nitrogen and oxygen atoms in total. The van der Waals surface area contributed by atoms with Crippen LogP contribution in [0.3, 0.4) is 0 Å². The van der Waals surface area contributed by atoms with E-state index in [1.54, 1.807) is 10.8 Å². The molecule has 58 heavy (non-hydrogen) atoms. The van der Waals surface area contributed by atoms with E-state index in [1.165, 1.54) is 101 Å². The molecule has 4 aromatic carbocycles. The number of furan rings is 1. The maximum absolute atomic E-state index is 6.33. The summed E-state index contributed by atoms with van der Waals surface area (Å²) in [5, 5.41) is 3.80. The Labute approximate surface area is 361 Å². The SMILES string of the molecule is C[Si](C)(C)c1cnc(-c2[c-]cccc2)cc1CC1CCCCC1.Cc1c(C)c(C)c(-c2ccc3oc4cc(-c5nccc6c5CCCC6)[c-]cc4c3c2)c(C)c1C.[Ir]. The number of aryl methyl sites for hydroxylation is 1. The van der Waals surface area contributed by atoms with Crippen LogP contribution in [0.4, 0.5) is 0 Å². The normalized spacial score (nSPS) is 14.5. The van der Waals surface area contributed by atoms with Gasteiger partial charge in [0.05, 0.1) is 13.7 Å². The van der Waals surface area contributed by atoms with Crippen molar-refractivity contribution in [2.45, 2.75) is 118 Å². The van der Waals surface area contributed by atoms with Crippen LogP contribution < -0.4 is 5.19 Å². The number of hydrogen-bond acceptors (Lipinski definition) is 3. The maximum atomic E-state index is 6.33. The average molecular weight is 959 g/mol. The summed E-state index contributed by atoms with van der Waals surface area (Å²) in [7, 11) is -1.36. The van der Waals surface area contributed by atoms with Crippen LogP contribution in [-0.4, -0.2) is 18.0 Å². The zero-order valence-electron chi connectivity index (χ0n) is 35.8. The molecule has 7 aromatic rings. The Kier molecular flexibility index (Phi) is 12.7. The molecule has 0 amide bonds. The zero-order chi connectivity index (χ0) is 39.8. The van der Waals surface area contributed by atoms with Crippen molar-refractivity contribution in [2.24, 2.45) is 5.92 Å². The van der Waals surface area contributed by atoms with Gasteiger partial charge in [-0.1, -0.05) is 98.1 Å². The fourth-order valence-corrected chi connectivity index (χ4v) is 11.2. The number of benzene rings is 4. The Hall–Kier alpha value is -4.15. The third kappa shape index (κ3) is 8.46. The summed E-state index contributed by atoms with van der Waals surface area (Å²) in [5.41, 5.74) is 20.0. The van der Waals surface area contributed by atoms with E-state index < -0.39 is 8.07 Å². The monoisotopic (exact) mass is 959 g/mol. The number of rotatable bonds is 6. The van der Waals surface area contributed by atoms with Gasteiger partial charge in [0.2, 0.25) is 0 Å². The van der Waals surface area contributed by atoms with Crippen molar-refractivity contribution in [3.63, 3.8) is 0 Å². The van der Waals surface area contributed by atoms with Crippen molar-refractivity contribution < 1.29 is 24.5 Å². The van der Waals surface area contributed by atoms with Crippen LogP contribution in [-0.2, 0) is 39.4 Å². The van der Waals surface area contributed by atoms with Gasteiger partial charge >= 0.3 is 0 Å². The molecule has 5 heteroatoms. The van der Waals surface area contributed by atoms with Gasteiger partial charge in [-0.2, -0.15) is 0 Å². The number of pyridine rings is 2. The van der Waals surface area contributed by atoms with Crippen molar-refractivity contribution in [3.8, 4) is 33.6 Å². The second-order valence-corrected chi connectivity index (χ2v) is 22.9. The Balaban J connectivity index is 0.000000187. The first kappa shape index (κ1) is 42.0. The maximum Gasteiger partial charge on any atom is 0.123 e. The molecule has 0 saturated heterocycles. The molecule has 0 atom stereocenters. The van der Waals surface area contributed by atoms with Gasteiger partial charge in [-0.15, -0.1) is 53.6 Å².